The summed E-state index contributed by atoms with van der Waals surface area (Å²) in [4.78, 5) is 25.6. The minimum Gasteiger partial charge on any atom is -0.341 e. The number of aromatic nitrogens is 2. The van der Waals surface area contributed by atoms with Gasteiger partial charge in [-0.1, -0.05) is 18.2 Å². The van der Waals surface area contributed by atoms with Crippen LogP contribution < -0.4 is 10.6 Å². The third-order valence-electron chi connectivity index (χ3n) is 4.23. The summed E-state index contributed by atoms with van der Waals surface area (Å²) in [6, 6.07) is 9.32. The van der Waals surface area contributed by atoms with Crippen molar-refractivity contribution >= 4 is 11.9 Å². The summed E-state index contributed by atoms with van der Waals surface area (Å²) in [5.74, 6) is 0.169. The van der Waals surface area contributed by atoms with E-state index in [0.29, 0.717) is 19.5 Å². The molecule has 1 aliphatic rings. The van der Waals surface area contributed by atoms with Crippen molar-refractivity contribution in [2.24, 2.45) is 0 Å². The predicted molar refractivity (Wildman–Crippen MR) is 94.2 cm³/mol. The lowest BCUT2D eigenvalue weighted by molar-refractivity contribution is -0.127. The molecule has 0 spiro atoms. The molecule has 1 fully saturated rings. The van der Waals surface area contributed by atoms with E-state index in [1.54, 1.807) is 15.8 Å². The van der Waals surface area contributed by atoms with E-state index in [1.807, 2.05) is 43.5 Å². The summed E-state index contributed by atoms with van der Waals surface area (Å²) in [7, 11) is 0. The molecule has 2 aromatic rings. The normalized spacial score (nSPS) is 15.2. The number of hydrogen-bond acceptors (Lipinski definition) is 3. The Kier molecular flexibility index (Phi) is 5.33. The van der Waals surface area contributed by atoms with Crippen LogP contribution in [0.25, 0.3) is 5.69 Å². The Morgan fingerprint density at radius 3 is 2.88 bits per heavy atom. The van der Waals surface area contributed by atoms with E-state index in [1.165, 1.54) is 0 Å². The van der Waals surface area contributed by atoms with Gasteiger partial charge in [0.25, 0.3) is 0 Å². The van der Waals surface area contributed by atoms with E-state index in [-0.39, 0.29) is 18.0 Å². The molecule has 3 rings (SSSR count). The van der Waals surface area contributed by atoms with Crippen molar-refractivity contribution in [3.8, 4) is 5.69 Å². The van der Waals surface area contributed by atoms with Crippen LogP contribution in [0.4, 0.5) is 4.79 Å². The predicted octanol–water partition coefficient (Wildman–Crippen LogP) is 1.68. The van der Waals surface area contributed by atoms with E-state index in [2.05, 4.69) is 15.7 Å². The van der Waals surface area contributed by atoms with Gasteiger partial charge in [0.1, 0.15) is 0 Å². The monoisotopic (exact) mass is 341 g/mol. The fraction of sp³-hybridized carbons (Fsp3) is 0.389. The van der Waals surface area contributed by atoms with Crippen molar-refractivity contribution in [1.82, 2.24) is 25.3 Å². The van der Waals surface area contributed by atoms with Gasteiger partial charge in [-0.3, -0.25) is 4.79 Å². The maximum absolute atomic E-state index is 12.1. The summed E-state index contributed by atoms with van der Waals surface area (Å²) in [6.07, 6.45) is 5.11. The molecule has 7 nitrogen and oxygen atoms in total. The second kappa shape index (κ2) is 7.83. The maximum Gasteiger partial charge on any atom is 0.315 e. The number of amides is 3. The van der Waals surface area contributed by atoms with Crippen molar-refractivity contribution < 1.29 is 9.59 Å². The molecule has 1 aromatic carbocycles. The average Bonchev–Trinajstić information content (AvgIpc) is 3.26. The molecular formula is C18H23N5O2. The molecule has 2 heterocycles. The lowest BCUT2D eigenvalue weighted by atomic mass is 10.2. The molecule has 7 heteroatoms. The molecule has 0 unspecified atom stereocenters. The summed E-state index contributed by atoms with van der Waals surface area (Å²) < 4.78 is 1.77. The third-order valence-corrected chi connectivity index (χ3v) is 4.23. The van der Waals surface area contributed by atoms with E-state index < -0.39 is 0 Å². The summed E-state index contributed by atoms with van der Waals surface area (Å²) in [6.45, 7) is 3.64. The van der Waals surface area contributed by atoms with E-state index in [9.17, 15) is 9.59 Å². The fourth-order valence-electron chi connectivity index (χ4n) is 3.02. The van der Waals surface area contributed by atoms with Gasteiger partial charge in [-0.2, -0.15) is 5.10 Å². The zero-order valence-electron chi connectivity index (χ0n) is 14.3. The highest BCUT2D eigenvalue weighted by Gasteiger charge is 2.22. The molecule has 132 valence electrons. The Morgan fingerprint density at radius 2 is 2.16 bits per heavy atom. The van der Waals surface area contributed by atoms with Gasteiger partial charge in [0, 0.05) is 44.5 Å². The average molecular weight is 341 g/mol. The van der Waals surface area contributed by atoms with Crippen LogP contribution in [-0.4, -0.2) is 45.8 Å². The molecule has 0 radical (unpaired) electrons. The minimum atomic E-state index is -0.241. The number of nitrogens with one attached hydrogen (secondary N) is 2. The Bertz CT molecular complexity index is 729. The number of urea groups is 1. The maximum atomic E-state index is 12.1. The molecule has 1 aliphatic heterocycles. The highest BCUT2D eigenvalue weighted by molar-refractivity contribution is 5.78. The Hall–Kier alpha value is -2.83. The minimum absolute atomic E-state index is 0.0941. The van der Waals surface area contributed by atoms with Crippen LogP contribution in [0.3, 0.4) is 0 Å². The molecule has 0 saturated carbocycles. The Labute approximate surface area is 147 Å². The smallest absolute Gasteiger partial charge is 0.315 e. The SMILES string of the molecule is C[C@H](CN1CCCC1=O)NC(=O)NCc1ccccc1-n1cccn1. The van der Waals surface area contributed by atoms with Gasteiger partial charge in [0.15, 0.2) is 0 Å². The summed E-state index contributed by atoms with van der Waals surface area (Å²) in [5.41, 5.74) is 1.91. The molecule has 0 bridgehead atoms. The molecule has 1 saturated heterocycles. The van der Waals surface area contributed by atoms with Crippen molar-refractivity contribution in [3.05, 3.63) is 48.3 Å². The largest absolute Gasteiger partial charge is 0.341 e. The van der Waals surface area contributed by atoms with Crippen molar-refractivity contribution in [1.29, 1.82) is 0 Å². The van der Waals surface area contributed by atoms with Crippen LogP contribution in [0.1, 0.15) is 25.3 Å². The molecule has 1 aromatic heterocycles. The van der Waals surface area contributed by atoms with Crippen LogP contribution in [-0.2, 0) is 11.3 Å². The first-order chi connectivity index (χ1) is 12.1. The number of carbonyl (C=O) groups excluding carboxylic acids is 2. The van der Waals surface area contributed by atoms with Gasteiger partial charge >= 0.3 is 6.03 Å². The number of nitrogens with zero attached hydrogens (tertiary/aromatic N) is 3. The van der Waals surface area contributed by atoms with Crippen LogP contribution in [0.15, 0.2) is 42.7 Å². The number of hydrogen-bond donors (Lipinski definition) is 2. The fourth-order valence-corrected chi connectivity index (χ4v) is 3.02. The van der Waals surface area contributed by atoms with Gasteiger partial charge in [-0.15, -0.1) is 0 Å². The van der Waals surface area contributed by atoms with Gasteiger partial charge in [0.2, 0.25) is 5.91 Å². The first kappa shape index (κ1) is 17.0. The van der Waals surface area contributed by atoms with E-state index in [0.717, 1.165) is 24.2 Å². The molecule has 2 N–H and O–H groups in total. The second-order valence-corrected chi connectivity index (χ2v) is 6.25. The Balaban J connectivity index is 1.52. The first-order valence-electron chi connectivity index (χ1n) is 8.53. The lowest BCUT2D eigenvalue weighted by Gasteiger charge is -2.22. The summed E-state index contributed by atoms with van der Waals surface area (Å²) in [5, 5.41) is 10.00. The van der Waals surface area contributed by atoms with Crippen molar-refractivity contribution in [2.45, 2.75) is 32.4 Å². The quantitative estimate of drug-likeness (QED) is 0.839. The third kappa shape index (κ3) is 4.37. The standard InChI is InChI=1S/C18H23N5O2/c1-14(13-22-10-4-8-17(22)24)21-18(25)19-12-15-6-2-3-7-16(15)23-11-5-9-20-23/h2-3,5-7,9,11,14H,4,8,10,12-13H2,1H3,(H2,19,21,25)/t14-/m1/s1. The highest BCUT2D eigenvalue weighted by Crippen LogP contribution is 2.13. The van der Waals surface area contributed by atoms with Crippen molar-refractivity contribution in [3.63, 3.8) is 0 Å². The summed E-state index contributed by atoms with van der Waals surface area (Å²) >= 11 is 0. The number of para-hydroxylation sites is 1. The topological polar surface area (TPSA) is 79.3 Å². The van der Waals surface area contributed by atoms with Crippen LogP contribution in [0.2, 0.25) is 0 Å². The van der Waals surface area contributed by atoms with Gasteiger partial charge in [-0.05, 0) is 31.0 Å². The van der Waals surface area contributed by atoms with E-state index in [4.69, 9.17) is 0 Å². The molecule has 1 atom stereocenters. The van der Waals surface area contributed by atoms with E-state index >= 15 is 0 Å². The number of carbonyl (C=O) groups is 2. The second-order valence-electron chi connectivity index (χ2n) is 6.25. The zero-order valence-corrected chi connectivity index (χ0v) is 14.3. The van der Waals surface area contributed by atoms with Gasteiger partial charge < -0.3 is 15.5 Å². The highest BCUT2D eigenvalue weighted by atomic mass is 16.2. The Morgan fingerprint density at radius 1 is 1.32 bits per heavy atom. The zero-order chi connectivity index (χ0) is 17.6. The van der Waals surface area contributed by atoms with Gasteiger partial charge in [0.05, 0.1) is 5.69 Å². The number of benzene rings is 1. The molecular weight excluding hydrogens is 318 g/mol. The first-order valence-corrected chi connectivity index (χ1v) is 8.53. The molecule has 25 heavy (non-hydrogen) atoms. The molecule has 3 amide bonds. The van der Waals surface area contributed by atoms with Crippen LogP contribution in [0.5, 0.6) is 0 Å². The lowest BCUT2D eigenvalue weighted by Crippen LogP contribution is -2.46. The number of rotatable bonds is 6. The molecule has 0 aliphatic carbocycles. The van der Waals surface area contributed by atoms with Crippen molar-refractivity contribution in [2.75, 3.05) is 13.1 Å². The van der Waals surface area contributed by atoms with Crippen LogP contribution in [0, 0.1) is 0 Å². The van der Waals surface area contributed by atoms with Crippen LogP contribution >= 0.6 is 0 Å². The van der Waals surface area contributed by atoms with Gasteiger partial charge in [-0.25, -0.2) is 9.48 Å². The number of likely N-dealkylation sites (tertiary alicyclic amines) is 1.